The standard InChI is InChI=1S/C44H47N3O6/c1-47(28-32-13-7-4-8-14-32)29-38-26-41(35-19-17-33(30-48)18-20-35)53-43(52-38)36-23-21-34(22-24-36)39-16-10-9-15-37(39)27-45-44(50)46-40(42(49)51-2)25-31-11-5-3-6-12-31/h3-24,38,40-41,43,48H,25-30H2,1-2H3,(H2,45,46,50). The summed E-state index contributed by atoms with van der Waals surface area (Å²) in [7, 11) is 3.42. The molecule has 0 aliphatic carbocycles. The van der Waals surface area contributed by atoms with E-state index < -0.39 is 24.3 Å². The monoisotopic (exact) mass is 713 g/mol. The molecule has 3 N–H and O–H groups in total. The largest absolute Gasteiger partial charge is 0.467 e. The molecule has 1 fully saturated rings. The van der Waals surface area contributed by atoms with Gasteiger partial charge in [0.05, 0.1) is 25.9 Å². The smallest absolute Gasteiger partial charge is 0.328 e. The van der Waals surface area contributed by atoms with Crippen LogP contribution in [-0.2, 0) is 45.1 Å². The molecule has 1 heterocycles. The maximum absolute atomic E-state index is 13.0. The van der Waals surface area contributed by atoms with Gasteiger partial charge in [-0.25, -0.2) is 9.59 Å². The van der Waals surface area contributed by atoms with Crippen molar-refractivity contribution >= 4 is 12.0 Å². The number of carbonyl (C=O) groups excluding carboxylic acids is 2. The Hall–Kier alpha value is -5.32. The first-order valence-electron chi connectivity index (χ1n) is 18.0. The highest BCUT2D eigenvalue weighted by Gasteiger charge is 2.33. The number of hydrogen-bond donors (Lipinski definition) is 3. The lowest BCUT2D eigenvalue weighted by Crippen LogP contribution is -2.47. The van der Waals surface area contributed by atoms with Gasteiger partial charge in [0.15, 0.2) is 6.29 Å². The summed E-state index contributed by atoms with van der Waals surface area (Å²) in [5.74, 6) is -0.508. The summed E-state index contributed by atoms with van der Waals surface area (Å²) >= 11 is 0. The lowest BCUT2D eigenvalue weighted by atomic mass is 9.97. The average molecular weight is 714 g/mol. The lowest BCUT2D eigenvalue weighted by Gasteiger charge is -2.38. The van der Waals surface area contributed by atoms with Gasteiger partial charge in [-0.3, -0.25) is 4.90 Å². The molecule has 5 aromatic rings. The number of amides is 2. The van der Waals surface area contributed by atoms with E-state index in [-0.39, 0.29) is 25.4 Å². The van der Waals surface area contributed by atoms with Crippen LogP contribution in [0.1, 0.15) is 52.2 Å². The van der Waals surface area contributed by atoms with E-state index in [4.69, 9.17) is 14.2 Å². The number of methoxy groups -OCH3 is 1. The van der Waals surface area contributed by atoms with Gasteiger partial charge in [-0.1, -0.05) is 133 Å². The molecule has 6 rings (SSSR count). The molecule has 4 unspecified atom stereocenters. The van der Waals surface area contributed by atoms with E-state index in [0.29, 0.717) is 12.8 Å². The van der Waals surface area contributed by atoms with Crippen LogP contribution in [0.5, 0.6) is 0 Å². The van der Waals surface area contributed by atoms with Crippen LogP contribution in [0.25, 0.3) is 11.1 Å². The highest BCUT2D eigenvalue weighted by atomic mass is 16.7. The van der Waals surface area contributed by atoms with Crippen molar-refractivity contribution in [2.24, 2.45) is 0 Å². The number of urea groups is 1. The average Bonchev–Trinajstić information content (AvgIpc) is 3.20. The number of aliphatic hydroxyl groups excluding tert-OH is 1. The fraction of sp³-hybridized carbons (Fsp3) is 0.273. The lowest BCUT2D eigenvalue weighted by molar-refractivity contribution is -0.252. The Balaban J connectivity index is 1.14. The van der Waals surface area contributed by atoms with Gasteiger partial charge in [-0.15, -0.1) is 0 Å². The van der Waals surface area contributed by atoms with E-state index in [1.54, 1.807) is 0 Å². The zero-order valence-corrected chi connectivity index (χ0v) is 30.2. The number of aliphatic hydroxyl groups is 1. The molecule has 0 aromatic heterocycles. The summed E-state index contributed by atoms with van der Waals surface area (Å²) in [6.45, 7) is 1.80. The van der Waals surface area contributed by atoms with Crippen molar-refractivity contribution in [3.05, 3.63) is 167 Å². The molecule has 0 saturated carbocycles. The Bertz CT molecular complexity index is 1900. The second-order valence-electron chi connectivity index (χ2n) is 13.4. The zero-order chi connectivity index (χ0) is 37.0. The zero-order valence-electron chi connectivity index (χ0n) is 30.2. The second kappa shape index (κ2) is 18.4. The summed E-state index contributed by atoms with van der Waals surface area (Å²) in [4.78, 5) is 27.7. The van der Waals surface area contributed by atoms with Gasteiger partial charge < -0.3 is 30.0 Å². The third kappa shape index (κ3) is 10.4. The molecule has 274 valence electrons. The van der Waals surface area contributed by atoms with Crippen molar-refractivity contribution in [2.45, 2.75) is 57.1 Å². The molecule has 9 heteroatoms. The SMILES string of the molecule is COC(=O)C(Cc1ccccc1)NC(=O)NCc1ccccc1-c1ccc(C2OC(CN(C)Cc3ccccc3)CC(c3ccc(CO)cc3)O2)cc1. The summed E-state index contributed by atoms with van der Waals surface area (Å²) in [6.07, 6.45) is 0.192. The number of nitrogens with zero attached hydrogens (tertiary/aromatic N) is 1. The van der Waals surface area contributed by atoms with Crippen molar-refractivity contribution in [1.29, 1.82) is 0 Å². The van der Waals surface area contributed by atoms with Gasteiger partial charge in [-0.2, -0.15) is 0 Å². The molecule has 1 aliphatic heterocycles. The first-order valence-corrected chi connectivity index (χ1v) is 18.0. The fourth-order valence-corrected chi connectivity index (χ4v) is 6.69. The van der Waals surface area contributed by atoms with Crippen molar-refractivity contribution in [3.63, 3.8) is 0 Å². The highest BCUT2D eigenvalue weighted by Crippen LogP contribution is 2.39. The minimum Gasteiger partial charge on any atom is -0.467 e. The van der Waals surface area contributed by atoms with Crippen molar-refractivity contribution in [2.75, 3.05) is 20.7 Å². The van der Waals surface area contributed by atoms with Gasteiger partial charge in [-0.05, 0) is 46.0 Å². The van der Waals surface area contributed by atoms with Crippen LogP contribution in [0, 0.1) is 0 Å². The summed E-state index contributed by atoms with van der Waals surface area (Å²) < 4.78 is 18.2. The Kier molecular flexibility index (Phi) is 13.0. The molecule has 4 atom stereocenters. The maximum atomic E-state index is 13.0. The minimum absolute atomic E-state index is 0.00615. The van der Waals surface area contributed by atoms with E-state index in [1.165, 1.54) is 12.7 Å². The van der Waals surface area contributed by atoms with Gasteiger partial charge in [0, 0.05) is 38.0 Å². The number of ether oxygens (including phenoxy) is 3. The molecule has 0 radical (unpaired) electrons. The normalized spacial score (nSPS) is 17.5. The Labute approximate surface area is 311 Å². The van der Waals surface area contributed by atoms with E-state index in [9.17, 15) is 14.7 Å². The van der Waals surface area contributed by atoms with Crippen molar-refractivity contribution < 1.29 is 28.9 Å². The van der Waals surface area contributed by atoms with Crippen molar-refractivity contribution in [3.8, 4) is 11.1 Å². The molecule has 9 nitrogen and oxygen atoms in total. The molecule has 0 bridgehead atoms. The van der Waals surface area contributed by atoms with E-state index >= 15 is 0 Å². The van der Waals surface area contributed by atoms with Crippen LogP contribution in [-0.4, -0.2) is 54.9 Å². The minimum atomic E-state index is -0.822. The number of carbonyl (C=O) groups is 2. The molecule has 53 heavy (non-hydrogen) atoms. The maximum Gasteiger partial charge on any atom is 0.328 e. The fourth-order valence-electron chi connectivity index (χ4n) is 6.69. The topological polar surface area (TPSA) is 109 Å². The predicted molar refractivity (Wildman–Crippen MR) is 204 cm³/mol. The summed E-state index contributed by atoms with van der Waals surface area (Å²) in [5.41, 5.74) is 7.85. The Morgan fingerprint density at radius 2 is 1.43 bits per heavy atom. The third-order valence-corrected chi connectivity index (χ3v) is 9.45. The van der Waals surface area contributed by atoms with Crippen LogP contribution in [0.2, 0.25) is 0 Å². The first kappa shape index (κ1) is 37.4. The van der Waals surface area contributed by atoms with Crippen LogP contribution >= 0.6 is 0 Å². The van der Waals surface area contributed by atoms with Crippen molar-refractivity contribution in [1.82, 2.24) is 15.5 Å². The molecular weight excluding hydrogens is 666 g/mol. The summed E-state index contributed by atoms with van der Waals surface area (Å²) in [5, 5.41) is 15.3. The highest BCUT2D eigenvalue weighted by molar-refractivity contribution is 5.84. The second-order valence-corrected chi connectivity index (χ2v) is 13.4. The van der Waals surface area contributed by atoms with E-state index in [2.05, 4.69) is 46.8 Å². The molecule has 2 amide bonds. The summed E-state index contributed by atoms with van der Waals surface area (Å²) in [6, 6.07) is 42.6. The molecule has 0 spiro atoms. The third-order valence-electron chi connectivity index (χ3n) is 9.45. The molecule has 5 aromatic carbocycles. The number of esters is 1. The number of likely N-dealkylation sites (N-methyl/N-ethyl adjacent to an activating group) is 1. The number of rotatable bonds is 14. The van der Waals surface area contributed by atoms with E-state index in [1.807, 2.05) is 109 Å². The van der Waals surface area contributed by atoms with Gasteiger partial charge in [0.1, 0.15) is 6.04 Å². The van der Waals surface area contributed by atoms with Crippen LogP contribution in [0.4, 0.5) is 4.79 Å². The number of hydrogen-bond acceptors (Lipinski definition) is 7. The Morgan fingerprint density at radius 3 is 2.11 bits per heavy atom. The predicted octanol–water partition coefficient (Wildman–Crippen LogP) is 7.11. The molecular formula is C44H47N3O6. The Morgan fingerprint density at radius 1 is 0.792 bits per heavy atom. The van der Waals surface area contributed by atoms with Crippen LogP contribution < -0.4 is 10.6 Å². The number of nitrogens with one attached hydrogen (secondary N) is 2. The first-order chi connectivity index (χ1) is 25.9. The quantitative estimate of drug-likeness (QED) is 0.105. The van der Waals surface area contributed by atoms with Crippen LogP contribution in [0.15, 0.2) is 133 Å². The number of benzene rings is 5. The van der Waals surface area contributed by atoms with Crippen LogP contribution in [0.3, 0.4) is 0 Å². The van der Waals surface area contributed by atoms with Gasteiger partial charge in [0.25, 0.3) is 0 Å². The van der Waals surface area contributed by atoms with E-state index in [0.717, 1.165) is 52.0 Å². The molecule has 1 saturated heterocycles. The van der Waals surface area contributed by atoms with Gasteiger partial charge >= 0.3 is 12.0 Å². The van der Waals surface area contributed by atoms with Gasteiger partial charge in [0.2, 0.25) is 0 Å². The molecule has 1 aliphatic rings.